The lowest BCUT2D eigenvalue weighted by Gasteiger charge is -2.26. The van der Waals surface area contributed by atoms with Gasteiger partial charge in [0, 0.05) is 29.6 Å². The van der Waals surface area contributed by atoms with Gasteiger partial charge in [-0.1, -0.05) is 24.3 Å². The van der Waals surface area contributed by atoms with Crippen LogP contribution in [0, 0.1) is 6.92 Å². The van der Waals surface area contributed by atoms with E-state index in [1.54, 1.807) is 6.92 Å². The first-order valence-electron chi connectivity index (χ1n) is 9.79. The lowest BCUT2D eigenvalue weighted by molar-refractivity contribution is -0.134. The first-order valence-corrected chi connectivity index (χ1v) is 9.79. The highest BCUT2D eigenvalue weighted by Gasteiger charge is 2.17. The largest absolute Gasteiger partial charge is 0.487 e. The second-order valence-electron chi connectivity index (χ2n) is 7.21. The van der Waals surface area contributed by atoms with Crippen LogP contribution < -0.4 is 10.2 Å². The Balaban J connectivity index is 1.46. The van der Waals surface area contributed by atoms with Gasteiger partial charge in [-0.15, -0.1) is 0 Å². The highest BCUT2D eigenvalue weighted by atomic mass is 16.5. The summed E-state index contributed by atoms with van der Waals surface area (Å²) in [7, 11) is 0. The Morgan fingerprint density at radius 1 is 1.14 bits per heavy atom. The molecule has 1 fully saturated rings. The van der Waals surface area contributed by atoms with Gasteiger partial charge in [0.2, 0.25) is 5.91 Å². The van der Waals surface area contributed by atoms with Crippen molar-refractivity contribution in [3.63, 3.8) is 0 Å². The number of aromatic amines is 1. The fourth-order valence-corrected chi connectivity index (χ4v) is 3.53. The summed E-state index contributed by atoms with van der Waals surface area (Å²) in [6.07, 6.45) is 0.336. The third kappa shape index (κ3) is 4.32. The molecule has 2 aromatic carbocycles. The molecule has 6 heteroatoms. The third-order valence-corrected chi connectivity index (χ3v) is 5.25. The smallest absolute Gasteiger partial charge is 0.227 e. The van der Waals surface area contributed by atoms with Crippen molar-refractivity contribution in [1.29, 1.82) is 0 Å². The molecule has 1 aromatic heterocycles. The number of amides is 1. The van der Waals surface area contributed by atoms with Gasteiger partial charge in [0.05, 0.1) is 25.3 Å². The third-order valence-electron chi connectivity index (χ3n) is 5.25. The minimum Gasteiger partial charge on any atom is -0.487 e. The number of carbonyl (C=O) groups excluding carboxylic acids is 1. The summed E-state index contributed by atoms with van der Waals surface area (Å²) in [6, 6.07) is 15.0. The highest BCUT2D eigenvalue weighted by Crippen LogP contribution is 2.18. The van der Waals surface area contributed by atoms with Crippen molar-refractivity contribution in [1.82, 2.24) is 9.88 Å². The molecule has 6 nitrogen and oxygen atoms in total. The molecule has 1 N–H and O–H groups in total. The van der Waals surface area contributed by atoms with Crippen LogP contribution >= 0.6 is 0 Å². The van der Waals surface area contributed by atoms with Crippen molar-refractivity contribution >= 4 is 16.8 Å². The Morgan fingerprint density at radius 2 is 1.93 bits per heavy atom. The lowest BCUT2D eigenvalue weighted by atomic mass is 10.1. The van der Waals surface area contributed by atoms with Crippen molar-refractivity contribution < 1.29 is 14.3 Å². The first-order chi connectivity index (χ1) is 14.1. The molecule has 0 spiro atoms. The molecule has 1 amide bonds. The molecule has 1 aliphatic heterocycles. The highest BCUT2D eigenvalue weighted by molar-refractivity contribution is 5.79. The number of hydrogen-bond acceptors (Lipinski definition) is 4. The predicted molar refractivity (Wildman–Crippen MR) is 111 cm³/mol. The average Bonchev–Trinajstić information content (AvgIpc) is 2.76. The van der Waals surface area contributed by atoms with E-state index in [1.165, 1.54) is 0 Å². The Kier molecular flexibility index (Phi) is 5.62. The van der Waals surface area contributed by atoms with E-state index in [4.69, 9.17) is 9.47 Å². The zero-order valence-electron chi connectivity index (χ0n) is 16.4. The molecule has 4 rings (SSSR count). The average molecular weight is 392 g/mol. The standard InChI is InChI=1S/C23H24N2O4/c1-16-21(24-20-8-3-2-7-19(20)23(16)27)15-29-18-6-4-5-17(13-18)14-22(26)25-9-11-28-12-10-25/h2-8,13H,9-12,14-15H2,1H3,(H,24,27). The molecule has 1 saturated heterocycles. The number of carbonyl (C=O) groups is 1. The van der Waals surface area contributed by atoms with E-state index < -0.39 is 0 Å². The molecule has 0 radical (unpaired) electrons. The SMILES string of the molecule is Cc1c(COc2cccc(CC(=O)N3CCOCC3)c2)[nH]c2ccccc2c1=O. The van der Waals surface area contributed by atoms with Gasteiger partial charge in [0.15, 0.2) is 5.43 Å². The predicted octanol–water partition coefficient (Wildman–Crippen LogP) is 2.82. The molecule has 2 heterocycles. The summed E-state index contributed by atoms with van der Waals surface area (Å²) in [5, 5.41) is 0.678. The van der Waals surface area contributed by atoms with Gasteiger partial charge in [0.25, 0.3) is 0 Å². The van der Waals surface area contributed by atoms with E-state index in [-0.39, 0.29) is 17.9 Å². The van der Waals surface area contributed by atoms with Crippen molar-refractivity contribution in [2.24, 2.45) is 0 Å². The molecule has 1 aliphatic rings. The molecule has 0 bridgehead atoms. The lowest BCUT2D eigenvalue weighted by Crippen LogP contribution is -2.41. The number of pyridine rings is 1. The Hall–Kier alpha value is -3.12. The van der Waals surface area contributed by atoms with E-state index in [0.717, 1.165) is 16.8 Å². The quantitative estimate of drug-likeness (QED) is 0.725. The summed E-state index contributed by atoms with van der Waals surface area (Å²) >= 11 is 0. The van der Waals surface area contributed by atoms with Crippen LogP contribution in [0.25, 0.3) is 10.9 Å². The number of benzene rings is 2. The van der Waals surface area contributed by atoms with Crippen LogP contribution in [-0.4, -0.2) is 42.1 Å². The minimum atomic E-state index is 0.0165. The Labute approximate surface area is 169 Å². The van der Waals surface area contributed by atoms with Gasteiger partial charge in [-0.25, -0.2) is 0 Å². The number of H-pyrrole nitrogens is 1. The molecule has 0 unspecified atom stereocenters. The van der Waals surface area contributed by atoms with Crippen LogP contribution in [-0.2, 0) is 22.6 Å². The summed E-state index contributed by atoms with van der Waals surface area (Å²) in [4.78, 5) is 30.1. The van der Waals surface area contributed by atoms with Gasteiger partial charge < -0.3 is 19.4 Å². The number of para-hydroxylation sites is 1. The fourth-order valence-electron chi connectivity index (χ4n) is 3.53. The molecule has 0 atom stereocenters. The first kappa shape index (κ1) is 19.2. The second-order valence-corrected chi connectivity index (χ2v) is 7.21. The maximum Gasteiger partial charge on any atom is 0.227 e. The minimum absolute atomic E-state index is 0.0165. The maximum atomic E-state index is 12.6. The zero-order valence-corrected chi connectivity index (χ0v) is 16.4. The van der Waals surface area contributed by atoms with Gasteiger partial charge in [0.1, 0.15) is 12.4 Å². The molecular formula is C23H24N2O4. The van der Waals surface area contributed by atoms with E-state index in [2.05, 4.69) is 4.98 Å². The monoisotopic (exact) mass is 392 g/mol. The van der Waals surface area contributed by atoms with E-state index in [9.17, 15) is 9.59 Å². The topological polar surface area (TPSA) is 71.6 Å². The van der Waals surface area contributed by atoms with Gasteiger partial charge in [-0.2, -0.15) is 0 Å². The maximum absolute atomic E-state index is 12.6. The molecule has 0 saturated carbocycles. The van der Waals surface area contributed by atoms with Crippen LogP contribution in [0.5, 0.6) is 5.75 Å². The molecule has 150 valence electrons. The molecular weight excluding hydrogens is 368 g/mol. The number of fused-ring (bicyclic) bond motifs is 1. The summed E-state index contributed by atoms with van der Waals surface area (Å²) in [6.45, 7) is 4.54. The van der Waals surface area contributed by atoms with Crippen LogP contribution in [0.15, 0.2) is 53.3 Å². The Morgan fingerprint density at radius 3 is 2.76 bits per heavy atom. The summed E-state index contributed by atoms with van der Waals surface area (Å²) < 4.78 is 11.2. The second kappa shape index (κ2) is 8.49. The molecule has 29 heavy (non-hydrogen) atoms. The normalized spacial score (nSPS) is 14.2. The van der Waals surface area contributed by atoms with E-state index in [1.807, 2.05) is 53.4 Å². The van der Waals surface area contributed by atoms with E-state index >= 15 is 0 Å². The van der Waals surface area contributed by atoms with Gasteiger partial charge >= 0.3 is 0 Å². The summed E-state index contributed by atoms with van der Waals surface area (Å²) in [5.41, 5.74) is 3.13. The van der Waals surface area contributed by atoms with Crippen molar-refractivity contribution in [3.8, 4) is 5.75 Å². The molecule has 3 aromatic rings. The van der Waals surface area contributed by atoms with Crippen molar-refractivity contribution in [2.75, 3.05) is 26.3 Å². The summed E-state index contributed by atoms with van der Waals surface area (Å²) in [5.74, 6) is 0.769. The number of nitrogens with one attached hydrogen (secondary N) is 1. The Bertz CT molecular complexity index is 1080. The zero-order chi connectivity index (χ0) is 20.2. The van der Waals surface area contributed by atoms with Crippen molar-refractivity contribution in [3.05, 3.63) is 75.6 Å². The number of aromatic nitrogens is 1. The van der Waals surface area contributed by atoms with Crippen LogP contribution in [0.4, 0.5) is 0 Å². The van der Waals surface area contributed by atoms with Crippen LogP contribution in [0.2, 0.25) is 0 Å². The van der Waals surface area contributed by atoms with Crippen LogP contribution in [0.3, 0.4) is 0 Å². The molecule has 0 aliphatic carbocycles. The van der Waals surface area contributed by atoms with Gasteiger partial charge in [-0.05, 0) is 36.8 Å². The van der Waals surface area contributed by atoms with Crippen molar-refractivity contribution in [2.45, 2.75) is 20.0 Å². The van der Waals surface area contributed by atoms with Gasteiger partial charge in [-0.3, -0.25) is 9.59 Å². The number of nitrogens with zero attached hydrogens (tertiary/aromatic N) is 1. The number of ether oxygens (including phenoxy) is 2. The fraction of sp³-hybridized carbons (Fsp3) is 0.304. The number of morpholine rings is 1. The number of hydrogen-bond donors (Lipinski definition) is 1. The number of rotatable bonds is 5. The van der Waals surface area contributed by atoms with E-state index in [0.29, 0.717) is 49.4 Å². The van der Waals surface area contributed by atoms with Crippen LogP contribution in [0.1, 0.15) is 16.8 Å².